The molecule has 0 radical (unpaired) electrons. The van der Waals surface area contributed by atoms with E-state index in [0.29, 0.717) is 13.2 Å². The molecule has 1 fully saturated rings. The van der Waals surface area contributed by atoms with Crippen molar-refractivity contribution in [2.75, 3.05) is 32.8 Å². The first-order valence-electron chi connectivity index (χ1n) is 9.50. The van der Waals surface area contributed by atoms with Gasteiger partial charge in [0.25, 0.3) is 0 Å². The molecule has 5 heteroatoms. The van der Waals surface area contributed by atoms with Crippen molar-refractivity contribution in [2.24, 2.45) is 4.99 Å². The summed E-state index contributed by atoms with van der Waals surface area (Å²) in [5.41, 5.74) is 1.14. The molecule has 140 valence electrons. The van der Waals surface area contributed by atoms with Gasteiger partial charge in [-0.15, -0.1) is 0 Å². The largest absolute Gasteiger partial charge is 0.377 e. The highest BCUT2D eigenvalue weighted by Crippen LogP contribution is 2.24. The molecule has 2 N–H and O–H groups in total. The Morgan fingerprint density at radius 2 is 2.08 bits per heavy atom. The Kier molecular flexibility index (Phi) is 8.77. The molecule has 1 aliphatic heterocycles. The Balaban J connectivity index is 1.57. The molecule has 0 saturated carbocycles. The van der Waals surface area contributed by atoms with Crippen LogP contribution in [0.4, 0.5) is 0 Å². The van der Waals surface area contributed by atoms with Crippen LogP contribution in [0.2, 0.25) is 0 Å². The molecule has 2 rings (SSSR count). The normalized spacial score (nSPS) is 20.6. The number of benzene rings is 1. The van der Waals surface area contributed by atoms with Crippen molar-refractivity contribution in [1.29, 1.82) is 0 Å². The zero-order valence-corrected chi connectivity index (χ0v) is 15.7. The van der Waals surface area contributed by atoms with Crippen LogP contribution < -0.4 is 10.6 Å². The summed E-state index contributed by atoms with van der Waals surface area (Å²) in [4.78, 5) is 4.68. The van der Waals surface area contributed by atoms with Gasteiger partial charge in [-0.25, -0.2) is 0 Å². The summed E-state index contributed by atoms with van der Waals surface area (Å²) in [6, 6.07) is 10.3. The zero-order chi connectivity index (χ0) is 17.8. The molecule has 1 aliphatic rings. The number of guanidine groups is 1. The van der Waals surface area contributed by atoms with Crippen LogP contribution in [0, 0.1) is 0 Å². The molecule has 0 bridgehead atoms. The van der Waals surface area contributed by atoms with Crippen molar-refractivity contribution in [3.05, 3.63) is 35.9 Å². The lowest BCUT2D eigenvalue weighted by molar-refractivity contribution is 0.0283. The van der Waals surface area contributed by atoms with Crippen molar-refractivity contribution in [3.8, 4) is 0 Å². The fourth-order valence-electron chi connectivity index (χ4n) is 2.85. The number of rotatable bonds is 10. The van der Waals surface area contributed by atoms with Crippen LogP contribution in [0.3, 0.4) is 0 Å². The van der Waals surface area contributed by atoms with Crippen LogP contribution in [0.5, 0.6) is 0 Å². The summed E-state index contributed by atoms with van der Waals surface area (Å²) < 4.78 is 11.5. The number of nitrogens with one attached hydrogen (secondary N) is 2. The second-order valence-corrected chi connectivity index (χ2v) is 6.77. The summed E-state index contributed by atoms with van der Waals surface area (Å²) in [7, 11) is 0. The smallest absolute Gasteiger partial charge is 0.191 e. The number of hydrogen-bond donors (Lipinski definition) is 2. The van der Waals surface area contributed by atoms with Gasteiger partial charge >= 0.3 is 0 Å². The number of aliphatic imine (C=N–C) groups is 1. The molecule has 25 heavy (non-hydrogen) atoms. The molecule has 1 aromatic carbocycles. The average molecular weight is 348 g/mol. The Bertz CT molecular complexity index is 499. The van der Waals surface area contributed by atoms with E-state index in [4.69, 9.17) is 9.47 Å². The van der Waals surface area contributed by atoms with Gasteiger partial charge in [0.2, 0.25) is 0 Å². The third-order valence-corrected chi connectivity index (χ3v) is 4.34. The fraction of sp³-hybridized carbons (Fsp3) is 0.650. The van der Waals surface area contributed by atoms with E-state index in [9.17, 15) is 0 Å². The highest BCUT2D eigenvalue weighted by molar-refractivity contribution is 5.79. The van der Waals surface area contributed by atoms with Gasteiger partial charge in [0.05, 0.1) is 18.8 Å². The van der Waals surface area contributed by atoms with Gasteiger partial charge in [-0.3, -0.25) is 4.99 Å². The standard InChI is InChI=1S/C20H33N3O2/c1-3-21-19(23-17-20(2)12-9-15-25-20)22-13-7-8-14-24-16-18-10-5-4-6-11-18/h4-6,10-11H,3,7-9,12-17H2,1-2H3,(H2,21,22,23). The summed E-state index contributed by atoms with van der Waals surface area (Å²) >= 11 is 0. The van der Waals surface area contributed by atoms with E-state index < -0.39 is 0 Å². The summed E-state index contributed by atoms with van der Waals surface area (Å²) in [5.74, 6) is 0.879. The minimum Gasteiger partial charge on any atom is -0.377 e. The molecule has 5 nitrogen and oxygen atoms in total. The van der Waals surface area contributed by atoms with Crippen molar-refractivity contribution in [2.45, 2.75) is 51.7 Å². The van der Waals surface area contributed by atoms with Crippen LogP contribution >= 0.6 is 0 Å². The van der Waals surface area contributed by atoms with Gasteiger partial charge in [0.1, 0.15) is 0 Å². The van der Waals surface area contributed by atoms with Crippen molar-refractivity contribution in [3.63, 3.8) is 0 Å². The first-order chi connectivity index (χ1) is 12.2. The lowest BCUT2D eigenvalue weighted by atomic mass is 10.0. The van der Waals surface area contributed by atoms with Crippen LogP contribution in [-0.4, -0.2) is 44.4 Å². The van der Waals surface area contributed by atoms with Gasteiger partial charge in [-0.05, 0) is 45.1 Å². The van der Waals surface area contributed by atoms with E-state index in [-0.39, 0.29) is 5.60 Å². The molecule has 1 aromatic rings. The monoisotopic (exact) mass is 347 g/mol. The first kappa shape index (κ1) is 19.7. The van der Waals surface area contributed by atoms with Crippen molar-refractivity contribution in [1.82, 2.24) is 10.6 Å². The molecule has 0 spiro atoms. The predicted octanol–water partition coefficient (Wildman–Crippen LogP) is 3.11. The van der Waals surface area contributed by atoms with Crippen molar-refractivity contribution >= 4 is 5.96 Å². The molecule has 1 unspecified atom stereocenters. The lowest BCUT2D eigenvalue weighted by Gasteiger charge is -2.21. The van der Waals surface area contributed by atoms with E-state index in [2.05, 4.69) is 41.6 Å². The summed E-state index contributed by atoms with van der Waals surface area (Å²) in [6.45, 7) is 9.05. The van der Waals surface area contributed by atoms with E-state index in [1.54, 1.807) is 0 Å². The molecule has 1 atom stereocenters. The second-order valence-electron chi connectivity index (χ2n) is 6.77. The highest BCUT2D eigenvalue weighted by atomic mass is 16.5. The lowest BCUT2D eigenvalue weighted by Crippen LogP contribution is -2.39. The molecule has 0 aromatic heterocycles. The van der Waals surface area contributed by atoms with Gasteiger partial charge in [0.15, 0.2) is 5.96 Å². The van der Waals surface area contributed by atoms with E-state index >= 15 is 0 Å². The summed E-state index contributed by atoms with van der Waals surface area (Å²) in [5, 5.41) is 6.70. The molecule has 1 heterocycles. The predicted molar refractivity (Wildman–Crippen MR) is 103 cm³/mol. The molecular weight excluding hydrogens is 314 g/mol. The van der Waals surface area contributed by atoms with Crippen LogP contribution in [0.15, 0.2) is 35.3 Å². The van der Waals surface area contributed by atoms with Crippen molar-refractivity contribution < 1.29 is 9.47 Å². The minimum absolute atomic E-state index is 0.0897. The average Bonchev–Trinajstić information content (AvgIpc) is 3.06. The number of hydrogen-bond acceptors (Lipinski definition) is 3. The fourth-order valence-corrected chi connectivity index (χ4v) is 2.85. The zero-order valence-electron chi connectivity index (χ0n) is 15.7. The maximum atomic E-state index is 5.80. The van der Waals surface area contributed by atoms with E-state index in [1.807, 2.05) is 18.2 Å². The Labute approximate surface area is 152 Å². The van der Waals surface area contributed by atoms with Crippen LogP contribution in [0.1, 0.15) is 45.1 Å². The van der Waals surface area contributed by atoms with Crippen LogP contribution in [0.25, 0.3) is 0 Å². The minimum atomic E-state index is -0.0897. The van der Waals surface area contributed by atoms with E-state index in [1.165, 1.54) is 5.56 Å². The number of nitrogens with zero attached hydrogens (tertiary/aromatic N) is 1. The van der Waals surface area contributed by atoms with Gasteiger partial charge < -0.3 is 20.1 Å². The quantitative estimate of drug-likeness (QED) is 0.388. The Morgan fingerprint density at radius 1 is 1.24 bits per heavy atom. The number of ether oxygens (including phenoxy) is 2. The second kappa shape index (κ2) is 11.1. The topological polar surface area (TPSA) is 54.9 Å². The van der Waals surface area contributed by atoms with Crippen LogP contribution in [-0.2, 0) is 16.1 Å². The highest BCUT2D eigenvalue weighted by Gasteiger charge is 2.29. The first-order valence-corrected chi connectivity index (χ1v) is 9.50. The molecular formula is C20H33N3O2. The number of unbranched alkanes of at least 4 members (excludes halogenated alkanes) is 1. The van der Waals surface area contributed by atoms with Gasteiger partial charge in [-0.2, -0.15) is 0 Å². The summed E-state index contributed by atoms with van der Waals surface area (Å²) in [6.07, 6.45) is 4.33. The molecule has 1 saturated heterocycles. The van der Waals surface area contributed by atoms with E-state index in [0.717, 1.165) is 57.9 Å². The third kappa shape index (κ3) is 7.88. The van der Waals surface area contributed by atoms with Gasteiger partial charge in [-0.1, -0.05) is 30.3 Å². The maximum Gasteiger partial charge on any atom is 0.191 e. The SMILES string of the molecule is CCNC(=NCC1(C)CCCO1)NCCCCOCc1ccccc1. The Hall–Kier alpha value is -1.59. The third-order valence-electron chi connectivity index (χ3n) is 4.34. The Morgan fingerprint density at radius 3 is 2.80 bits per heavy atom. The molecule has 0 aliphatic carbocycles. The maximum absolute atomic E-state index is 5.80. The molecule has 0 amide bonds. The van der Waals surface area contributed by atoms with Gasteiger partial charge in [0, 0.05) is 26.3 Å².